The molecule has 28 heavy (non-hydrogen) atoms. The van der Waals surface area contributed by atoms with Crippen LogP contribution in [0.5, 0.6) is 0 Å². The number of H-pyrrole nitrogens is 1. The van der Waals surface area contributed by atoms with Crippen molar-refractivity contribution in [2.24, 2.45) is 0 Å². The summed E-state index contributed by atoms with van der Waals surface area (Å²) < 4.78 is 40.8. The van der Waals surface area contributed by atoms with Gasteiger partial charge in [-0.25, -0.2) is 4.79 Å². The minimum atomic E-state index is -4.63. The molecule has 4 aromatic rings. The van der Waals surface area contributed by atoms with Crippen molar-refractivity contribution in [1.29, 1.82) is 0 Å². The Morgan fingerprint density at radius 3 is 2.54 bits per heavy atom. The highest BCUT2D eigenvalue weighted by atomic mass is 19.4. The van der Waals surface area contributed by atoms with E-state index in [1.165, 1.54) is 6.08 Å². The number of benzene rings is 2. The van der Waals surface area contributed by atoms with Crippen molar-refractivity contribution in [1.82, 2.24) is 14.5 Å². The minimum absolute atomic E-state index is 0.0489. The van der Waals surface area contributed by atoms with Crippen LogP contribution in [-0.2, 0) is 12.7 Å². The van der Waals surface area contributed by atoms with Gasteiger partial charge in [0.15, 0.2) is 0 Å². The van der Waals surface area contributed by atoms with Crippen molar-refractivity contribution < 1.29 is 13.2 Å². The molecule has 0 radical (unpaired) electrons. The van der Waals surface area contributed by atoms with Crippen LogP contribution in [0.25, 0.3) is 34.0 Å². The lowest BCUT2D eigenvalue weighted by molar-refractivity contribution is -0.141. The fraction of sp³-hybridized carbons (Fsp3) is 0.143. The first-order chi connectivity index (χ1) is 13.4. The van der Waals surface area contributed by atoms with E-state index < -0.39 is 17.6 Å². The summed E-state index contributed by atoms with van der Waals surface area (Å²) >= 11 is 0. The summed E-state index contributed by atoms with van der Waals surface area (Å²) in [4.78, 5) is 16.7. The van der Waals surface area contributed by atoms with Crippen molar-refractivity contribution >= 4 is 34.0 Å². The monoisotopic (exact) mass is 383 g/mol. The van der Waals surface area contributed by atoms with Crippen LogP contribution in [0.2, 0.25) is 0 Å². The van der Waals surface area contributed by atoms with E-state index in [9.17, 15) is 18.0 Å². The standard InChI is InChI=1S/C21H16F3N3O/c1-2-27-17-6-4-3-5-15(17)16-11-13(8-10-18(16)27)7-9-14-12-19(21(22,23)24)26-20(28)25-14/h3-12H,2H2,1H3,(H,25,26,28)/b9-7+. The summed E-state index contributed by atoms with van der Waals surface area (Å²) in [6, 6.07) is 14.8. The lowest BCUT2D eigenvalue weighted by atomic mass is 10.1. The predicted molar refractivity (Wildman–Crippen MR) is 104 cm³/mol. The molecule has 0 atom stereocenters. The quantitative estimate of drug-likeness (QED) is 0.536. The van der Waals surface area contributed by atoms with Crippen LogP contribution in [0.1, 0.15) is 23.9 Å². The van der Waals surface area contributed by atoms with Crippen LogP contribution >= 0.6 is 0 Å². The fourth-order valence-electron chi connectivity index (χ4n) is 3.41. The summed E-state index contributed by atoms with van der Waals surface area (Å²) in [6.07, 6.45) is -1.57. The first-order valence-corrected chi connectivity index (χ1v) is 8.74. The van der Waals surface area contributed by atoms with Crippen LogP contribution in [0.15, 0.2) is 53.3 Å². The highest BCUT2D eigenvalue weighted by molar-refractivity contribution is 6.08. The van der Waals surface area contributed by atoms with Gasteiger partial charge in [-0.3, -0.25) is 0 Å². The Hall–Kier alpha value is -3.35. The maximum Gasteiger partial charge on any atom is 0.431 e. The number of nitrogens with zero attached hydrogens (tertiary/aromatic N) is 2. The number of rotatable bonds is 3. The van der Waals surface area contributed by atoms with Crippen molar-refractivity contribution in [3.8, 4) is 0 Å². The second kappa shape index (κ2) is 6.67. The fourth-order valence-corrected chi connectivity index (χ4v) is 3.41. The number of aromatic amines is 1. The molecular weight excluding hydrogens is 367 g/mol. The number of nitrogens with one attached hydrogen (secondary N) is 1. The van der Waals surface area contributed by atoms with Gasteiger partial charge >= 0.3 is 11.9 Å². The Morgan fingerprint density at radius 2 is 1.79 bits per heavy atom. The van der Waals surface area contributed by atoms with Gasteiger partial charge in [-0.15, -0.1) is 0 Å². The van der Waals surface area contributed by atoms with Gasteiger partial charge in [0.2, 0.25) is 0 Å². The van der Waals surface area contributed by atoms with Crippen LogP contribution in [0.3, 0.4) is 0 Å². The average molecular weight is 383 g/mol. The largest absolute Gasteiger partial charge is 0.431 e. The van der Waals surface area contributed by atoms with Gasteiger partial charge in [0.05, 0.1) is 5.69 Å². The normalized spacial score (nSPS) is 12.4. The molecule has 0 amide bonds. The molecule has 0 saturated carbocycles. The Bertz CT molecular complexity index is 1270. The third-order valence-corrected chi connectivity index (χ3v) is 4.63. The number of aromatic nitrogens is 3. The molecule has 0 aliphatic carbocycles. The van der Waals surface area contributed by atoms with Gasteiger partial charge < -0.3 is 9.55 Å². The molecule has 0 unspecified atom stereocenters. The maximum absolute atomic E-state index is 12.8. The van der Waals surface area contributed by atoms with Gasteiger partial charge in [-0.1, -0.05) is 30.3 Å². The number of alkyl halides is 3. The van der Waals surface area contributed by atoms with Gasteiger partial charge in [0, 0.05) is 28.4 Å². The summed E-state index contributed by atoms with van der Waals surface area (Å²) in [5, 5.41) is 2.18. The topological polar surface area (TPSA) is 50.7 Å². The van der Waals surface area contributed by atoms with E-state index in [4.69, 9.17) is 0 Å². The molecule has 142 valence electrons. The van der Waals surface area contributed by atoms with Gasteiger partial charge in [0.25, 0.3) is 0 Å². The average Bonchev–Trinajstić information content (AvgIpc) is 2.98. The second-order valence-corrected chi connectivity index (χ2v) is 6.39. The zero-order valence-corrected chi connectivity index (χ0v) is 14.9. The lowest BCUT2D eigenvalue weighted by Gasteiger charge is -2.05. The zero-order valence-electron chi connectivity index (χ0n) is 14.9. The molecule has 0 aliphatic heterocycles. The smallest absolute Gasteiger partial charge is 0.341 e. The summed E-state index contributed by atoms with van der Waals surface area (Å²) in [5.41, 5.74) is 0.834. The Labute approximate surface area is 158 Å². The molecule has 0 aliphatic rings. The zero-order chi connectivity index (χ0) is 19.9. The number of para-hydroxylation sites is 1. The molecular formula is C21H16F3N3O. The van der Waals surface area contributed by atoms with Gasteiger partial charge in [-0.05, 0) is 42.8 Å². The second-order valence-electron chi connectivity index (χ2n) is 6.39. The highest BCUT2D eigenvalue weighted by Crippen LogP contribution is 2.30. The molecule has 0 fully saturated rings. The molecule has 4 rings (SSSR count). The summed E-state index contributed by atoms with van der Waals surface area (Å²) in [5.74, 6) is 0. The number of halogens is 3. The van der Waals surface area contributed by atoms with E-state index in [0.29, 0.717) is 0 Å². The third-order valence-electron chi connectivity index (χ3n) is 4.63. The maximum atomic E-state index is 12.8. The van der Waals surface area contributed by atoms with Crippen LogP contribution in [-0.4, -0.2) is 14.5 Å². The number of fused-ring (bicyclic) bond motifs is 3. The Balaban J connectivity index is 1.78. The molecule has 7 heteroatoms. The van der Waals surface area contributed by atoms with Crippen molar-refractivity contribution in [3.63, 3.8) is 0 Å². The Morgan fingerprint density at radius 1 is 1.04 bits per heavy atom. The number of hydrogen-bond donors (Lipinski definition) is 1. The van der Waals surface area contributed by atoms with Crippen LogP contribution < -0.4 is 5.69 Å². The third kappa shape index (κ3) is 3.19. The van der Waals surface area contributed by atoms with Crippen molar-refractivity contribution in [3.05, 3.63) is 76.0 Å². The Kier molecular flexibility index (Phi) is 4.30. The predicted octanol–water partition coefficient (Wildman–Crippen LogP) is 5.09. The highest BCUT2D eigenvalue weighted by Gasteiger charge is 2.32. The number of aryl methyl sites for hydroxylation is 1. The molecule has 2 aromatic heterocycles. The first-order valence-electron chi connectivity index (χ1n) is 8.74. The van der Waals surface area contributed by atoms with E-state index in [2.05, 4.69) is 22.5 Å². The lowest BCUT2D eigenvalue weighted by Crippen LogP contribution is -2.19. The van der Waals surface area contributed by atoms with Crippen LogP contribution in [0.4, 0.5) is 13.2 Å². The molecule has 4 nitrogen and oxygen atoms in total. The first kappa shape index (κ1) is 18.0. The van der Waals surface area contributed by atoms with E-state index in [0.717, 1.165) is 40.0 Å². The van der Waals surface area contributed by atoms with Crippen molar-refractivity contribution in [2.45, 2.75) is 19.6 Å². The molecule has 0 saturated heterocycles. The number of hydrogen-bond acceptors (Lipinski definition) is 2. The summed E-state index contributed by atoms with van der Waals surface area (Å²) in [7, 11) is 0. The van der Waals surface area contributed by atoms with E-state index in [1.54, 1.807) is 11.1 Å². The SMILES string of the molecule is CCn1c2ccccc2c2cc(/C=C/c3cc(C(F)(F)F)[nH]c(=O)n3)ccc21. The van der Waals surface area contributed by atoms with E-state index in [1.807, 2.05) is 36.4 Å². The van der Waals surface area contributed by atoms with Crippen LogP contribution in [0, 0.1) is 0 Å². The van der Waals surface area contributed by atoms with Gasteiger partial charge in [-0.2, -0.15) is 18.2 Å². The van der Waals surface area contributed by atoms with Gasteiger partial charge in [0.1, 0.15) is 5.69 Å². The van der Waals surface area contributed by atoms with Crippen molar-refractivity contribution in [2.75, 3.05) is 0 Å². The minimum Gasteiger partial charge on any atom is -0.341 e. The molecule has 2 aromatic carbocycles. The molecule has 1 N–H and O–H groups in total. The van der Waals surface area contributed by atoms with E-state index >= 15 is 0 Å². The summed E-state index contributed by atoms with van der Waals surface area (Å²) in [6.45, 7) is 2.91. The molecule has 2 heterocycles. The van der Waals surface area contributed by atoms with E-state index in [-0.39, 0.29) is 5.69 Å². The molecule has 0 spiro atoms. The molecule has 0 bridgehead atoms.